The second kappa shape index (κ2) is 12.9. The maximum atomic E-state index is 12.2. The van der Waals surface area contributed by atoms with Crippen molar-refractivity contribution in [3.05, 3.63) is 73.6 Å². The van der Waals surface area contributed by atoms with E-state index in [9.17, 15) is 4.79 Å². The molecule has 10 heteroatoms. The van der Waals surface area contributed by atoms with Crippen molar-refractivity contribution in [3.63, 3.8) is 0 Å². The van der Waals surface area contributed by atoms with Gasteiger partial charge in [0, 0.05) is 22.0 Å². The summed E-state index contributed by atoms with van der Waals surface area (Å²) in [4.78, 5) is 20.8. The van der Waals surface area contributed by atoms with Gasteiger partial charge in [0.25, 0.3) is 5.91 Å². The summed E-state index contributed by atoms with van der Waals surface area (Å²) >= 11 is 9.69. The summed E-state index contributed by atoms with van der Waals surface area (Å²) < 4.78 is 12.7. The van der Waals surface area contributed by atoms with E-state index in [-0.39, 0.29) is 11.7 Å². The minimum atomic E-state index is -0.247. The fourth-order valence-electron chi connectivity index (χ4n) is 2.93. The molecule has 0 spiro atoms. The molecule has 0 aliphatic rings. The number of amides is 1. The quantitative estimate of drug-likeness (QED) is 0.106. The number of halogens is 2. The average Bonchev–Trinajstić information content (AvgIpc) is 2.78. The highest BCUT2D eigenvalue weighted by atomic mass is 127. The summed E-state index contributed by atoms with van der Waals surface area (Å²) in [5.74, 6) is 1.14. The van der Waals surface area contributed by atoms with Crippen LogP contribution in [0.25, 0.3) is 0 Å². The first-order valence-corrected chi connectivity index (χ1v) is 12.9. The van der Waals surface area contributed by atoms with Crippen LogP contribution in [0.4, 0.5) is 0 Å². The van der Waals surface area contributed by atoms with E-state index in [4.69, 9.17) is 21.1 Å². The fraction of sp³-hybridized carbons (Fsp3) is 0.250. The van der Waals surface area contributed by atoms with Gasteiger partial charge in [0.05, 0.1) is 22.1 Å². The Morgan fingerprint density at radius 3 is 2.62 bits per heavy atom. The summed E-state index contributed by atoms with van der Waals surface area (Å²) in [5.41, 5.74) is 5.93. The van der Waals surface area contributed by atoms with Crippen molar-refractivity contribution < 1.29 is 14.3 Å². The summed E-state index contributed by atoms with van der Waals surface area (Å²) in [6.45, 7) is 6.50. The number of hydrogen-bond donors (Lipinski definition) is 1. The zero-order valence-corrected chi connectivity index (χ0v) is 22.7. The average molecular weight is 611 g/mol. The molecule has 34 heavy (non-hydrogen) atoms. The van der Waals surface area contributed by atoms with Crippen LogP contribution in [0.3, 0.4) is 0 Å². The van der Waals surface area contributed by atoms with Crippen LogP contribution in [0.1, 0.15) is 29.4 Å². The van der Waals surface area contributed by atoms with Crippen molar-refractivity contribution in [2.24, 2.45) is 5.10 Å². The fourth-order valence-corrected chi connectivity index (χ4v) is 4.64. The first-order chi connectivity index (χ1) is 16.4. The minimum Gasteiger partial charge on any atom is -0.490 e. The van der Waals surface area contributed by atoms with E-state index in [1.165, 1.54) is 11.8 Å². The van der Waals surface area contributed by atoms with E-state index in [2.05, 4.69) is 43.1 Å². The SMILES string of the molecule is CCOc1cc(/C=N\NC(=O)CSc2nc(C)cc(C)n2)cc(I)c1OCc1ccccc1Cl. The zero-order chi connectivity index (χ0) is 24.5. The number of carbonyl (C=O) groups excluding carboxylic acids is 1. The number of hydrogen-bond acceptors (Lipinski definition) is 7. The van der Waals surface area contributed by atoms with Crippen molar-refractivity contribution >= 4 is 58.1 Å². The number of thioether (sulfide) groups is 1. The van der Waals surface area contributed by atoms with Gasteiger partial charge in [0.2, 0.25) is 0 Å². The van der Waals surface area contributed by atoms with E-state index in [0.29, 0.717) is 34.9 Å². The van der Waals surface area contributed by atoms with E-state index < -0.39 is 0 Å². The standard InChI is InChI=1S/C24H24ClIN4O3S/c1-4-32-21-11-17(10-20(26)23(21)33-13-18-7-5-6-8-19(18)25)12-27-30-22(31)14-34-24-28-15(2)9-16(3)29-24/h5-12H,4,13-14H2,1-3H3,(H,30,31)/b27-12-. The van der Waals surface area contributed by atoms with Crippen LogP contribution in [0.5, 0.6) is 11.5 Å². The molecule has 0 saturated heterocycles. The molecule has 0 aliphatic carbocycles. The number of aromatic nitrogens is 2. The molecule has 1 heterocycles. The monoisotopic (exact) mass is 610 g/mol. The van der Waals surface area contributed by atoms with Gasteiger partial charge >= 0.3 is 0 Å². The molecule has 0 bridgehead atoms. The lowest BCUT2D eigenvalue weighted by atomic mass is 10.2. The van der Waals surface area contributed by atoms with Crippen LogP contribution < -0.4 is 14.9 Å². The molecule has 0 saturated carbocycles. The number of nitrogens with one attached hydrogen (secondary N) is 1. The summed E-state index contributed by atoms with van der Waals surface area (Å²) in [5, 5.41) is 5.29. The highest BCUT2D eigenvalue weighted by Gasteiger charge is 2.13. The molecular weight excluding hydrogens is 587 g/mol. The third kappa shape index (κ3) is 7.85. The number of ether oxygens (including phenoxy) is 2. The van der Waals surface area contributed by atoms with Gasteiger partial charge in [0.15, 0.2) is 16.7 Å². The molecule has 0 fully saturated rings. The second-order valence-electron chi connectivity index (χ2n) is 7.16. The van der Waals surface area contributed by atoms with Gasteiger partial charge in [-0.2, -0.15) is 5.10 Å². The van der Waals surface area contributed by atoms with Crippen molar-refractivity contribution in [2.45, 2.75) is 32.5 Å². The Balaban J connectivity index is 1.62. The van der Waals surface area contributed by atoms with Crippen LogP contribution in [-0.2, 0) is 11.4 Å². The zero-order valence-electron chi connectivity index (χ0n) is 19.0. The normalized spacial score (nSPS) is 11.0. The lowest BCUT2D eigenvalue weighted by Gasteiger charge is -2.15. The molecular formula is C24H24ClIN4O3S. The minimum absolute atomic E-state index is 0.163. The molecule has 1 N–H and O–H groups in total. The molecule has 2 aromatic carbocycles. The van der Waals surface area contributed by atoms with Crippen LogP contribution in [0, 0.1) is 17.4 Å². The molecule has 1 aromatic heterocycles. The Hall–Kier alpha value is -2.37. The molecule has 0 aliphatic heterocycles. The van der Waals surface area contributed by atoms with Gasteiger partial charge in [-0.15, -0.1) is 0 Å². The van der Waals surface area contributed by atoms with Crippen molar-refractivity contribution in [1.29, 1.82) is 0 Å². The molecule has 178 valence electrons. The van der Waals surface area contributed by atoms with Gasteiger partial charge in [-0.3, -0.25) is 4.79 Å². The van der Waals surface area contributed by atoms with Crippen LogP contribution in [0.15, 0.2) is 52.7 Å². The Morgan fingerprint density at radius 2 is 1.91 bits per heavy atom. The Morgan fingerprint density at radius 1 is 1.18 bits per heavy atom. The second-order valence-corrected chi connectivity index (χ2v) is 9.67. The van der Waals surface area contributed by atoms with E-state index in [1.807, 2.05) is 63.2 Å². The highest BCUT2D eigenvalue weighted by molar-refractivity contribution is 14.1. The number of nitrogens with zero attached hydrogens (tertiary/aromatic N) is 3. The number of hydrazone groups is 1. The maximum Gasteiger partial charge on any atom is 0.250 e. The van der Waals surface area contributed by atoms with Crippen LogP contribution in [0.2, 0.25) is 5.02 Å². The smallest absolute Gasteiger partial charge is 0.250 e. The van der Waals surface area contributed by atoms with E-state index >= 15 is 0 Å². The largest absolute Gasteiger partial charge is 0.490 e. The topological polar surface area (TPSA) is 85.7 Å². The summed E-state index contributed by atoms with van der Waals surface area (Å²) in [7, 11) is 0. The lowest BCUT2D eigenvalue weighted by Crippen LogP contribution is -2.19. The molecule has 0 radical (unpaired) electrons. The van der Waals surface area contributed by atoms with Gasteiger partial charge in [-0.05, 0) is 73.2 Å². The third-order valence-corrected chi connectivity index (χ3v) is 6.38. The number of benzene rings is 2. The van der Waals surface area contributed by atoms with Gasteiger partial charge < -0.3 is 9.47 Å². The maximum absolute atomic E-state index is 12.2. The lowest BCUT2D eigenvalue weighted by molar-refractivity contribution is -0.118. The van der Waals surface area contributed by atoms with Crippen LogP contribution >= 0.6 is 46.0 Å². The predicted octanol–water partition coefficient (Wildman–Crippen LogP) is 5.57. The van der Waals surface area contributed by atoms with E-state index in [1.54, 1.807) is 6.21 Å². The first-order valence-electron chi connectivity index (χ1n) is 10.4. The molecule has 0 atom stereocenters. The van der Waals surface area contributed by atoms with E-state index in [0.717, 1.165) is 26.1 Å². The third-order valence-electron chi connectivity index (χ3n) is 4.36. The highest BCUT2D eigenvalue weighted by Crippen LogP contribution is 2.35. The predicted molar refractivity (Wildman–Crippen MR) is 144 cm³/mol. The van der Waals surface area contributed by atoms with Crippen LogP contribution in [-0.4, -0.2) is 34.4 Å². The summed E-state index contributed by atoms with van der Waals surface area (Å²) in [6, 6.07) is 13.2. The Labute approximate surface area is 221 Å². The number of rotatable bonds is 10. The molecule has 3 rings (SSSR count). The van der Waals surface area contributed by atoms with Crippen molar-refractivity contribution in [1.82, 2.24) is 15.4 Å². The Kier molecular flexibility index (Phi) is 9.97. The van der Waals surface area contributed by atoms with Gasteiger partial charge in [-0.25, -0.2) is 15.4 Å². The van der Waals surface area contributed by atoms with Gasteiger partial charge in [-0.1, -0.05) is 41.6 Å². The number of aryl methyl sites for hydroxylation is 2. The summed E-state index contributed by atoms with van der Waals surface area (Å²) in [6.07, 6.45) is 1.57. The molecule has 1 amide bonds. The van der Waals surface area contributed by atoms with Crippen molar-refractivity contribution in [2.75, 3.05) is 12.4 Å². The van der Waals surface area contributed by atoms with Crippen molar-refractivity contribution in [3.8, 4) is 11.5 Å². The Bertz CT molecular complexity index is 1170. The van der Waals surface area contributed by atoms with Gasteiger partial charge in [0.1, 0.15) is 6.61 Å². The molecule has 3 aromatic rings. The first kappa shape index (κ1) is 26.2. The molecule has 0 unspecified atom stereocenters. The molecule has 7 nitrogen and oxygen atoms in total. The number of carbonyl (C=O) groups is 1.